The lowest BCUT2D eigenvalue weighted by atomic mass is 10.1. The molecule has 3 N–H and O–H groups in total. The molecule has 0 radical (unpaired) electrons. The first-order valence-corrected chi connectivity index (χ1v) is 4.00. The Kier molecular flexibility index (Phi) is 1.64. The van der Waals surface area contributed by atoms with Gasteiger partial charge in [-0.2, -0.15) is 0 Å². The Balaban J connectivity index is 2.00. The summed E-state index contributed by atoms with van der Waals surface area (Å²) in [6.07, 6.45) is 2.50. The van der Waals surface area contributed by atoms with Crippen LogP contribution in [-0.4, -0.2) is 36.4 Å². The van der Waals surface area contributed by atoms with Crippen molar-refractivity contribution in [1.29, 1.82) is 0 Å². The molecule has 0 aliphatic carbocycles. The lowest BCUT2D eigenvalue weighted by Crippen LogP contribution is -2.57. The van der Waals surface area contributed by atoms with Gasteiger partial charge in [0, 0.05) is 24.7 Å². The van der Waals surface area contributed by atoms with Crippen molar-refractivity contribution in [3.8, 4) is 0 Å². The van der Waals surface area contributed by atoms with E-state index in [9.17, 15) is 0 Å². The molecule has 2 heterocycles. The lowest BCUT2D eigenvalue weighted by molar-refractivity contribution is 0.198. The Morgan fingerprint density at radius 1 is 1.40 bits per heavy atom. The molecule has 10 heavy (non-hydrogen) atoms. The molecule has 0 amide bonds. The molecule has 2 fully saturated rings. The minimum absolute atomic E-state index is 0.268. The third-order valence-electron chi connectivity index (χ3n) is 2.58. The van der Waals surface area contributed by atoms with Gasteiger partial charge in [-0.3, -0.25) is 0 Å². The van der Waals surface area contributed by atoms with E-state index in [1.807, 2.05) is 0 Å². The van der Waals surface area contributed by atoms with Crippen LogP contribution in [0.25, 0.3) is 0 Å². The number of hydrogen-bond donors (Lipinski definition) is 3. The zero-order valence-electron chi connectivity index (χ0n) is 6.01. The Morgan fingerprint density at radius 2 is 2.30 bits per heavy atom. The number of nitrogens with one attached hydrogen (secondary N) is 2. The quantitative estimate of drug-likeness (QED) is 0.443. The molecule has 0 spiro atoms. The minimum Gasteiger partial charge on any atom is -0.395 e. The van der Waals surface area contributed by atoms with Crippen molar-refractivity contribution in [3.63, 3.8) is 0 Å². The first kappa shape index (κ1) is 6.58. The molecule has 58 valence electrons. The maximum absolute atomic E-state index is 8.91. The van der Waals surface area contributed by atoms with Gasteiger partial charge >= 0.3 is 0 Å². The van der Waals surface area contributed by atoms with Crippen molar-refractivity contribution in [1.82, 2.24) is 10.6 Å². The normalized spacial score (nSPS) is 45.9. The Labute approximate surface area is 60.8 Å². The third-order valence-corrected chi connectivity index (χ3v) is 2.58. The van der Waals surface area contributed by atoms with Crippen LogP contribution < -0.4 is 10.6 Å². The summed E-state index contributed by atoms with van der Waals surface area (Å²) in [4.78, 5) is 0. The standard InChI is InChI=1S/C7H14N2O/c10-4-7-6-2-1-5(9-6)3-8-7/h5-10H,1-4H2/t5-,6+,7+/m0/s1. The van der Waals surface area contributed by atoms with Gasteiger partial charge in [-0.1, -0.05) is 0 Å². The topological polar surface area (TPSA) is 44.3 Å². The summed E-state index contributed by atoms with van der Waals surface area (Å²) >= 11 is 0. The van der Waals surface area contributed by atoms with Gasteiger partial charge in [0.15, 0.2) is 0 Å². The second-order valence-corrected chi connectivity index (χ2v) is 3.24. The fraction of sp³-hybridized carbons (Fsp3) is 1.00. The predicted octanol–water partition coefficient (Wildman–Crippen LogP) is -0.929. The van der Waals surface area contributed by atoms with Crippen LogP contribution in [0.15, 0.2) is 0 Å². The zero-order chi connectivity index (χ0) is 6.97. The van der Waals surface area contributed by atoms with Gasteiger partial charge in [-0.25, -0.2) is 0 Å². The first-order chi connectivity index (χ1) is 4.90. The summed E-state index contributed by atoms with van der Waals surface area (Å²) in [5.41, 5.74) is 0. The van der Waals surface area contributed by atoms with Gasteiger partial charge in [0.1, 0.15) is 0 Å². The van der Waals surface area contributed by atoms with Crippen LogP contribution in [0.1, 0.15) is 12.8 Å². The Hall–Kier alpha value is -0.120. The molecule has 0 aromatic heterocycles. The lowest BCUT2D eigenvalue weighted by Gasteiger charge is -2.29. The van der Waals surface area contributed by atoms with E-state index >= 15 is 0 Å². The second-order valence-electron chi connectivity index (χ2n) is 3.24. The van der Waals surface area contributed by atoms with Gasteiger partial charge in [-0.15, -0.1) is 0 Å². The average Bonchev–Trinajstić information content (AvgIpc) is 2.34. The van der Waals surface area contributed by atoms with Gasteiger partial charge in [0.05, 0.1) is 6.61 Å². The summed E-state index contributed by atoms with van der Waals surface area (Å²) in [5.74, 6) is 0. The molecule has 2 aliphatic rings. The summed E-state index contributed by atoms with van der Waals surface area (Å²) in [5, 5.41) is 15.7. The number of rotatable bonds is 1. The number of fused-ring (bicyclic) bond motifs is 2. The second kappa shape index (κ2) is 2.49. The molecule has 3 nitrogen and oxygen atoms in total. The van der Waals surface area contributed by atoms with Crippen LogP contribution in [-0.2, 0) is 0 Å². The summed E-state index contributed by atoms with van der Waals surface area (Å²) < 4.78 is 0. The summed E-state index contributed by atoms with van der Waals surface area (Å²) in [6.45, 7) is 1.30. The van der Waals surface area contributed by atoms with Crippen molar-refractivity contribution >= 4 is 0 Å². The largest absolute Gasteiger partial charge is 0.395 e. The molecule has 3 heteroatoms. The van der Waals surface area contributed by atoms with Crippen molar-refractivity contribution in [3.05, 3.63) is 0 Å². The highest BCUT2D eigenvalue weighted by molar-refractivity contribution is 4.97. The van der Waals surface area contributed by atoms with E-state index in [0.717, 1.165) is 6.54 Å². The fourth-order valence-corrected chi connectivity index (χ4v) is 1.96. The highest BCUT2D eigenvalue weighted by Crippen LogP contribution is 2.18. The van der Waals surface area contributed by atoms with Crippen molar-refractivity contribution < 1.29 is 5.11 Å². The predicted molar refractivity (Wildman–Crippen MR) is 38.8 cm³/mol. The zero-order valence-corrected chi connectivity index (χ0v) is 6.01. The van der Waals surface area contributed by atoms with E-state index in [1.165, 1.54) is 12.8 Å². The molecule has 0 aromatic rings. The highest BCUT2D eigenvalue weighted by Gasteiger charge is 2.33. The summed E-state index contributed by atoms with van der Waals surface area (Å²) in [6, 6.07) is 1.51. The molecular formula is C7H14N2O. The molecule has 2 saturated heterocycles. The average molecular weight is 142 g/mol. The van der Waals surface area contributed by atoms with E-state index in [0.29, 0.717) is 18.1 Å². The van der Waals surface area contributed by atoms with E-state index < -0.39 is 0 Å². The van der Waals surface area contributed by atoms with Crippen LogP contribution in [0.2, 0.25) is 0 Å². The van der Waals surface area contributed by atoms with E-state index in [4.69, 9.17) is 5.11 Å². The monoisotopic (exact) mass is 142 g/mol. The molecule has 2 bridgehead atoms. The maximum atomic E-state index is 8.91. The Bertz CT molecular complexity index is 129. The van der Waals surface area contributed by atoms with Crippen LogP contribution >= 0.6 is 0 Å². The maximum Gasteiger partial charge on any atom is 0.0599 e. The van der Waals surface area contributed by atoms with Crippen LogP contribution in [0.3, 0.4) is 0 Å². The van der Waals surface area contributed by atoms with Crippen molar-refractivity contribution in [2.75, 3.05) is 13.2 Å². The molecule has 0 saturated carbocycles. The number of aliphatic hydroxyl groups excluding tert-OH is 1. The van der Waals surface area contributed by atoms with Crippen molar-refractivity contribution in [2.45, 2.75) is 31.0 Å². The van der Waals surface area contributed by atoms with Gasteiger partial charge in [0.2, 0.25) is 0 Å². The SMILES string of the molecule is OC[C@H]1NC[C@@H]2CC[C@H]1N2. The van der Waals surface area contributed by atoms with Gasteiger partial charge in [0.25, 0.3) is 0 Å². The summed E-state index contributed by atoms with van der Waals surface area (Å²) in [7, 11) is 0. The molecule has 3 atom stereocenters. The van der Waals surface area contributed by atoms with Crippen LogP contribution in [0, 0.1) is 0 Å². The number of aliphatic hydroxyl groups is 1. The van der Waals surface area contributed by atoms with E-state index in [-0.39, 0.29) is 6.61 Å². The Morgan fingerprint density at radius 3 is 3.10 bits per heavy atom. The fourth-order valence-electron chi connectivity index (χ4n) is 1.96. The van der Waals surface area contributed by atoms with Gasteiger partial charge in [-0.05, 0) is 12.8 Å². The van der Waals surface area contributed by atoms with Crippen LogP contribution in [0.4, 0.5) is 0 Å². The molecule has 2 rings (SSSR count). The van der Waals surface area contributed by atoms with Crippen molar-refractivity contribution in [2.24, 2.45) is 0 Å². The van der Waals surface area contributed by atoms with Gasteiger partial charge < -0.3 is 15.7 Å². The molecule has 2 aliphatic heterocycles. The number of piperazine rings is 1. The minimum atomic E-state index is 0.268. The molecular weight excluding hydrogens is 128 g/mol. The van der Waals surface area contributed by atoms with E-state index in [2.05, 4.69) is 10.6 Å². The molecule has 0 aromatic carbocycles. The first-order valence-electron chi connectivity index (χ1n) is 4.00. The highest BCUT2D eigenvalue weighted by atomic mass is 16.3. The third kappa shape index (κ3) is 0.944. The van der Waals surface area contributed by atoms with E-state index in [1.54, 1.807) is 0 Å². The smallest absolute Gasteiger partial charge is 0.0599 e. The number of hydrogen-bond acceptors (Lipinski definition) is 3. The van der Waals surface area contributed by atoms with Crippen LogP contribution in [0.5, 0.6) is 0 Å². The molecule has 0 unspecified atom stereocenters.